The number of nitrogens with zero attached hydrogens (tertiary/aromatic N) is 2. The standard InChI is InChI=1S/C23H31N5O4S/c1-15-9-25-20(29)13-28(14-21(30)26-10-16(2)22(15)31)12-17-4-5-19(32-3)18(8-17)11-27-23-24-6-7-33-23/h4-8,15-16H,9-14H2,1-3H3,(H,24,27)(H,25,29)(H,26,30). The largest absolute Gasteiger partial charge is 0.496 e. The van der Waals surface area contributed by atoms with Crippen LogP contribution in [0.4, 0.5) is 5.13 Å². The Kier molecular flexibility index (Phi) is 8.79. The van der Waals surface area contributed by atoms with E-state index in [1.807, 2.05) is 23.6 Å². The third kappa shape index (κ3) is 7.26. The zero-order chi connectivity index (χ0) is 23.8. The molecule has 1 aromatic heterocycles. The van der Waals surface area contributed by atoms with Crippen LogP contribution in [0.1, 0.15) is 25.0 Å². The van der Waals surface area contributed by atoms with Gasteiger partial charge in [0.2, 0.25) is 11.8 Å². The summed E-state index contributed by atoms with van der Waals surface area (Å²) in [7, 11) is 1.62. The van der Waals surface area contributed by atoms with E-state index in [9.17, 15) is 14.4 Å². The van der Waals surface area contributed by atoms with E-state index < -0.39 is 0 Å². The molecule has 3 rings (SSSR count). The lowest BCUT2D eigenvalue weighted by Crippen LogP contribution is -2.46. The third-order valence-corrected chi connectivity index (χ3v) is 6.26. The molecule has 10 heteroatoms. The van der Waals surface area contributed by atoms with Gasteiger partial charge in [0.05, 0.1) is 20.2 Å². The van der Waals surface area contributed by atoms with E-state index in [-0.39, 0.29) is 42.5 Å². The quantitative estimate of drug-likeness (QED) is 0.585. The van der Waals surface area contributed by atoms with Crippen molar-refractivity contribution in [3.63, 3.8) is 0 Å². The average molecular weight is 474 g/mol. The average Bonchev–Trinajstić information content (AvgIpc) is 3.32. The van der Waals surface area contributed by atoms with Gasteiger partial charge in [-0.15, -0.1) is 11.3 Å². The van der Waals surface area contributed by atoms with Crippen molar-refractivity contribution in [3.8, 4) is 5.75 Å². The second-order valence-electron chi connectivity index (χ2n) is 8.29. The first kappa shape index (κ1) is 24.7. The number of hydrogen-bond acceptors (Lipinski definition) is 8. The van der Waals surface area contributed by atoms with Crippen LogP contribution >= 0.6 is 11.3 Å². The molecule has 0 radical (unpaired) electrons. The van der Waals surface area contributed by atoms with Crippen molar-refractivity contribution in [1.29, 1.82) is 0 Å². The number of aromatic nitrogens is 1. The van der Waals surface area contributed by atoms with Gasteiger partial charge in [-0.2, -0.15) is 0 Å². The van der Waals surface area contributed by atoms with E-state index in [0.717, 1.165) is 22.0 Å². The Labute approximate surface area is 197 Å². The molecule has 33 heavy (non-hydrogen) atoms. The summed E-state index contributed by atoms with van der Waals surface area (Å²) in [5.41, 5.74) is 1.91. The predicted molar refractivity (Wildman–Crippen MR) is 127 cm³/mol. The Balaban J connectivity index is 1.72. The summed E-state index contributed by atoms with van der Waals surface area (Å²) in [4.78, 5) is 43.4. The number of Topliss-reactive ketones (excluding diaryl/α,β-unsaturated/α-hetero) is 1. The summed E-state index contributed by atoms with van der Waals surface area (Å²) in [6.07, 6.45) is 1.74. The number of carbonyl (C=O) groups is 3. The number of ether oxygens (including phenoxy) is 1. The van der Waals surface area contributed by atoms with Crippen molar-refractivity contribution >= 4 is 34.1 Å². The molecule has 2 amide bonds. The van der Waals surface area contributed by atoms with Crippen molar-refractivity contribution in [3.05, 3.63) is 40.9 Å². The number of nitrogens with one attached hydrogen (secondary N) is 3. The molecule has 1 aliphatic rings. The highest BCUT2D eigenvalue weighted by molar-refractivity contribution is 7.13. The van der Waals surface area contributed by atoms with Crippen LogP contribution in [0.2, 0.25) is 0 Å². The van der Waals surface area contributed by atoms with Gasteiger partial charge in [0, 0.05) is 55.2 Å². The van der Waals surface area contributed by atoms with Gasteiger partial charge in [-0.05, 0) is 17.7 Å². The SMILES string of the molecule is COc1ccc(CN2CC(=O)NCC(C)C(=O)C(C)CNC(=O)C2)cc1CNc1nccs1. The predicted octanol–water partition coefficient (Wildman–Crippen LogP) is 1.65. The molecule has 9 nitrogen and oxygen atoms in total. The van der Waals surface area contributed by atoms with E-state index in [2.05, 4.69) is 20.9 Å². The summed E-state index contributed by atoms with van der Waals surface area (Å²) in [6, 6.07) is 5.83. The van der Waals surface area contributed by atoms with E-state index >= 15 is 0 Å². The number of ketones is 1. The highest BCUT2D eigenvalue weighted by Crippen LogP contribution is 2.23. The molecule has 0 aliphatic carbocycles. The molecule has 178 valence electrons. The second kappa shape index (κ2) is 11.8. The van der Waals surface area contributed by atoms with Crippen LogP contribution in [0.25, 0.3) is 0 Å². The number of thiazole rings is 1. The molecule has 2 atom stereocenters. The molecule has 0 bridgehead atoms. The molecule has 2 aromatic rings. The topological polar surface area (TPSA) is 113 Å². The maximum absolute atomic E-state index is 12.5. The summed E-state index contributed by atoms with van der Waals surface area (Å²) in [6.45, 7) is 5.24. The van der Waals surface area contributed by atoms with E-state index in [4.69, 9.17) is 4.74 Å². The van der Waals surface area contributed by atoms with Gasteiger partial charge in [0.15, 0.2) is 5.13 Å². The molecular weight excluding hydrogens is 442 g/mol. The molecular formula is C23H31N5O4S. The molecule has 1 fully saturated rings. The fourth-order valence-electron chi connectivity index (χ4n) is 3.71. The first-order chi connectivity index (χ1) is 15.9. The molecule has 2 unspecified atom stereocenters. The lowest BCUT2D eigenvalue weighted by atomic mass is 9.95. The number of benzene rings is 1. The van der Waals surface area contributed by atoms with Crippen LogP contribution < -0.4 is 20.7 Å². The number of hydrogen-bond donors (Lipinski definition) is 3. The van der Waals surface area contributed by atoms with Crippen molar-refractivity contribution in [2.75, 3.05) is 38.6 Å². The van der Waals surface area contributed by atoms with E-state index in [1.165, 1.54) is 11.3 Å². The highest BCUT2D eigenvalue weighted by Gasteiger charge is 2.24. The zero-order valence-electron chi connectivity index (χ0n) is 19.2. The minimum atomic E-state index is -0.303. The molecule has 0 spiro atoms. The van der Waals surface area contributed by atoms with Crippen LogP contribution in [0.5, 0.6) is 5.75 Å². The normalized spacial score (nSPS) is 20.9. The lowest BCUT2D eigenvalue weighted by molar-refractivity contribution is -0.128. The van der Waals surface area contributed by atoms with Gasteiger partial charge < -0.3 is 20.7 Å². The third-order valence-electron chi connectivity index (χ3n) is 5.53. The second-order valence-corrected chi connectivity index (χ2v) is 9.19. The maximum Gasteiger partial charge on any atom is 0.234 e. The van der Waals surface area contributed by atoms with Crippen LogP contribution in [0.3, 0.4) is 0 Å². The molecule has 3 N–H and O–H groups in total. The smallest absolute Gasteiger partial charge is 0.234 e. The van der Waals surface area contributed by atoms with Crippen LogP contribution in [0.15, 0.2) is 29.8 Å². The molecule has 1 saturated heterocycles. The lowest BCUT2D eigenvalue weighted by Gasteiger charge is -2.25. The highest BCUT2D eigenvalue weighted by atomic mass is 32.1. The molecule has 0 saturated carbocycles. The van der Waals surface area contributed by atoms with Gasteiger partial charge in [0.25, 0.3) is 0 Å². The van der Waals surface area contributed by atoms with Gasteiger partial charge in [-0.25, -0.2) is 4.98 Å². The first-order valence-corrected chi connectivity index (χ1v) is 11.8. The van der Waals surface area contributed by atoms with E-state index in [0.29, 0.717) is 26.2 Å². The molecule has 1 aromatic carbocycles. The Morgan fingerprint density at radius 3 is 2.36 bits per heavy atom. The minimum Gasteiger partial charge on any atom is -0.496 e. The van der Waals surface area contributed by atoms with Gasteiger partial charge in [0.1, 0.15) is 11.5 Å². The maximum atomic E-state index is 12.5. The summed E-state index contributed by atoms with van der Waals surface area (Å²) >= 11 is 1.52. The summed E-state index contributed by atoms with van der Waals surface area (Å²) in [5.74, 6) is -0.249. The van der Waals surface area contributed by atoms with E-state index in [1.54, 1.807) is 32.1 Å². The first-order valence-electron chi connectivity index (χ1n) is 10.9. The summed E-state index contributed by atoms with van der Waals surface area (Å²) < 4.78 is 5.49. The molecule has 1 aliphatic heterocycles. The van der Waals surface area contributed by atoms with Gasteiger partial charge in [-0.1, -0.05) is 19.9 Å². The van der Waals surface area contributed by atoms with Gasteiger partial charge in [-0.3, -0.25) is 19.3 Å². The van der Waals surface area contributed by atoms with Crippen molar-refractivity contribution in [1.82, 2.24) is 20.5 Å². The Morgan fingerprint density at radius 1 is 1.12 bits per heavy atom. The monoisotopic (exact) mass is 473 g/mol. The van der Waals surface area contributed by atoms with Crippen LogP contribution in [0, 0.1) is 11.8 Å². The summed E-state index contributed by atoms with van der Waals surface area (Å²) in [5, 5.41) is 11.7. The molecule has 2 heterocycles. The zero-order valence-corrected chi connectivity index (χ0v) is 20.0. The number of carbonyl (C=O) groups excluding carboxylic acids is 3. The van der Waals surface area contributed by atoms with Crippen LogP contribution in [-0.2, 0) is 27.5 Å². The van der Waals surface area contributed by atoms with Crippen molar-refractivity contribution in [2.24, 2.45) is 11.8 Å². The Hall–Kier alpha value is -2.98. The number of methoxy groups -OCH3 is 1. The van der Waals surface area contributed by atoms with Crippen molar-refractivity contribution < 1.29 is 19.1 Å². The van der Waals surface area contributed by atoms with Gasteiger partial charge >= 0.3 is 0 Å². The fourth-order valence-corrected chi connectivity index (χ4v) is 4.24. The number of amides is 2. The van der Waals surface area contributed by atoms with Crippen LogP contribution in [-0.4, -0.2) is 60.8 Å². The van der Waals surface area contributed by atoms with Crippen molar-refractivity contribution in [2.45, 2.75) is 26.9 Å². The fraction of sp³-hybridized carbons (Fsp3) is 0.478. The minimum absolute atomic E-state index is 0.0325. The number of anilines is 1. The number of rotatable bonds is 6. The Bertz CT molecular complexity index is 936. The Morgan fingerprint density at radius 2 is 1.79 bits per heavy atom.